The van der Waals surface area contributed by atoms with E-state index in [9.17, 15) is 0 Å². The Bertz CT molecular complexity index is 1310. The molecule has 5 aromatic rings. The average molecular weight is 474 g/mol. The fraction of sp³-hybridized carbons (Fsp3) is 0.200. The Morgan fingerprint density at radius 3 is 2.73 bits per heavy atom. The van der Waals surface area contributed by atoms with Crippen LogP contribution in [0.4, 0.5) is 0 Å². The number of nitrogens with zero attached hydrogens (tertiary/aromatic N) is 5. The van der Waals surface area contributed by atoms with E-state index in [1.165, 1.54) is 10.4 Å². The molecule has 33 heavy (non-hydrogen) atoms. The van der Waals surface area contributed by atoms with Crippen molar-refractivity contribution >= 4 is 23.1 Å². The van der Waals surface area contributed by atoms with Gasteiger partial charge in [-0.1, -0.05) is 71.0 Å². The van der Waals surface area contributed by atoms with Crippen LogP contribution in [0, 0.1) is 6.92 Å². The molecule has 0 bridgehead atoms. The van der Waals surface area contributed by atoms with E-state index in [0.717, 1.165) is 41.5 Å². The molecule has 0 N–H and O–H groups in total. The second kappa shape index (κ2) is 10.1. The largest absolute Gasteiger partial charge is 0.334 e. The van der Waals surface area contributed by atoms with Crippen molar-refractivity contribution in [3.05, 3.63) is 99.8 Å². The normalized spacial score (nSPS) is 11.2. The Morgan fingerprint density at radius 1 is 1.00 bits per heavy atom. The van der Waals surface area contributed by atoms with Crippen LogP contribution in [0.2, 0.25) is 0 Å². The zero-order valence-corrected chi connectivity index (χ0v) is 19.9. The molecule has 0 saturated heterocycles. The minimum Gasteiger partial charge on any atom is -0.334 e. The molecular weight excluding hydrogens is 450 g/mol. The third kappa shape index (κ3) is 5.40. The van der Waals surface area contributed by atoms with E-state index < -0.39 is 0 Å². The molecule has 3 aromatic heterocycles. The molecule has 0 aliphatic rings. The second-order valence-electron chi connectivity index (χ2n) is 7.72. The van der Waals surface area contributed by atoms with E-state index in [1.807, 2.05) is 37.3 Å². The molecule has 3 heterocycles. The molecule has 0 spiro atoms. The number of rotatable bonds is 9. The van der Waals surface area contributed by atoms with Crippen LogP contribution >= 0.6 is 23.1 Å². The molecule has 8 heteroatoms. The maximum absolute atomic E-state index is 5.49. The SMILES string of the molecule is Cc1cccc(-c2nc(CSc3nnc(Cc4cccs4)n3CCc3ccccc3)no2)c1. The molecule has 2 aromatic carbocycles. The first kappa shape index (κ1) is 21.6. The topological polar surface area (TPSA) is 69.6 Å². The molecule has 0 saturated carbocycles. The van der Waals surface area contributed by atoms with E-state index in [4.69, 9.17) is 4.52 Å². The van der Waals surface area contributed by atoms with Crippen molar-refractivity contribution in [3.8, 4) is 11.5 Å². The van der Waals surface area contributed by atoms with Crippen LogP contribution in [0.15, 0.2) is 81.8 Å². The number of thioether (sulfide) groups is 1. The maximum atomic E-state index is 5.49. The average Bonchev–Trinajstić information content (AvgIpc) is 3.59. The third-order valence-electron chi connectivity index (χ3n) is 5.24. The highest BCUT2D eigenvalue weighted by Crippen LogP contribution is 2.25. The van der Waals surface area contributed by atoms with E-state index in [0.29, 0.717) is 17.5 Å². The Labute approximate surface area is 200 Å². The summed E-state index contributed by atoms with van der Waals surface area (Å²) < 4.78 is 7.71. The molecule has 166 valence electrons. The Balaban J connectivity index is 1.32. The first-order valence-electron chi connectivity index (χ1n) is 10.8. The van der Waals surface area contributed by atoms with Crippen molar-refractivity contribution in [3.63, 3.8) is 0 Å². The van der Waals surface area contributed by atoms with Crippen molar-refractivity contribution in [1.82, 2.24) is 24.9 Å². The fourth-order valence-corrected chi connectivity index (χ4v) is 5.10. The summed E-state index contributed by atoms with van der Waals surface area (Å²) in [4.78, 5) is 5.85. The summed E-state index contributed by atoms with van der Waals surface area (Å²) in [7, 11) is 0. The molecular formula is C25H23N5OS2. The maximum Gasteiger partial charge on any atom is 0.257 e. The number of aromatic nitrogens is 5. The van der Waals surface area contributed by atoms with Crippen LogP contribution in [0.25, 0.3) is 11.5 Å². The summed E-state index contributed by atoms with van der Waals surface area (Å²) in [6.07, 6.45) is 1.70. The Hall–Kier alpha value is -3.23. The van der Waals surface area contributed by atoms with E-state index in [2.05, 4.69) is 66.7 Å². The van der Waals surface area contributed by atoms with Gasteiger partial charge in [0.15, 0.2) is 11.0 Å². The summed E-state index contributed by atoms with van der Waals surface area (Å²) in [5, 5.41) is 16.1. The van der Waals surface area contributed by atoms with Gasteiger partial charge < -0.3 is 9.09 Å². The number of benzene rings is 2. The smallest absolute Gasteiger partial charge is 0.257 e. The van der Waals surface area contributed by atoms with Gasteiger partial charge in [-0.15, -0.1) is 21.5 Å². The van der Waals surface area contributed by atoms with Crippen LogP contribution < -0.4 is 0 Å². The van der Waals surface area contributed by atoms with Crippen molar-refractivity contribution in [1.29, 1.82) is 0 Å². The van der Waals surface area contributed by atoms with Crippen molar-refractivity contribution in [2.75, 3.05) is 0 Å². The fourth-order valence-electron chi connectivity index (χ4n) is 3.57. The monoisotopic (exact) mass is 473 g/mol. The lowest BCUT2D eigenvalue weighted by molar-refractivity contribution is 0.425. The van der Waals surface area contributed by atoms with Crippen LogP contribution in [0.5, 0.6) is 0 Å². The van der Waals surface area contributed by atoms with E-state index >= 15 is 0 Å². The van der Waals surface area contributed by atoms with Gasteiger partial charge in [0.25, 0.3) is 5.89 Å². The quantitative estimate of drug-likeness (QED) is 0.251. The van der Waals surface area contributed by atoms with Gasteiger partial charge in [0.05, 0.1) is 5.75 Å². The highest BCUT2D eigenvalue weighted by Gasteiger charge is 2.16. The summed E-state index contributed by atoms with van der Waals surface area (Å²) in [6, 6.07) is 22.8. The zero-order chi connectivity index (χ0) is 22.5. The predicted octanol–water partition coefficient (Wildman–Crippen LogP) is 5.82. The van der Waals surface area contributed by atoms with Gasteiger partial charge in [0.1, 0.15) is 5.82 Å². The number of hydrogen-bond acceptors (Lipinski definition) is 7. The first-order chi connectivity index (χ1) is 16.2. The second-order valence-corrected chi connectivity index (χ2v) is 9.69. The lowest BCUT2D eigenvalue weighted by atomic mass is 10.1. The van der Waals surface area contributed by atoms with Gasteiger partial charge in [-0.2, -0.15) is 4.98 Å². The molecule has 0 unspecified atom stereocenters. The summed E-state index contributed by atoms with van der Waals surface area (Å²) in [5.41, 5.74) is 3.39. The third-order valence-corrected chi connectivity index (χ3v) is 7.08. The molecule has 0 amide bonds. The number of thiophene rings is 1. The lowest BCUT2D eigenvalue weighted by Gasteiger charge is -2.09. The molecule has 0 radical (unpaired) electrons. The Kier molecular flexibility index (Phi) is 6.64. The molecule has 0 atom stereocenters. The van der Waals surface area contributed by atoms with Crippen LogP contribution in [0.1, 0.15) is 27.7 Å². The van der Waals surface area contributed by atoms with Gasteiger partial charge in [0, 0.05) is 23.4 Å². The Morgan fingerprint density at radius 2 is 1.91 bits per heavy atom. The highest BCUT2D eigenvalue weighted by atomic mass is 32.2. The summed E-state index contributed by atoms with van der Waals surface area (Å²) >= 11 is 3.33. The highest BCUT2D eigenvalue weighted by molar-refractivity contribution is 7.98. The molecule has 0 aliphatic heterocycles. The van der Waals surface area contributed by atoms with Crippen LogP contribution in [0.3, 0.4) is 0 Å². The van der Waals surface area contributed by atoms with Gasteiger partial charge >= 0.3 is 0 Å². The van der Waals surface area contributed by atoms with Crippen molar-refractivity contribution < 1.29 is 4.52 Å². The minimum absolute atomic E-state index is 0.540. The lowest BCUT2D eigenvalue weighted by Crippen LogP contribution is -2.08. The van der Waals surface area contributed by atoms with E-state index in [1.54, 1.807) is 23.1 Å². The number of aryl methyl sites for hydroxylation is 2. The first-order valence-corrected chi connectivity index (χ1v) is 12.6. The summed E-state index contributed by atoms with van der Waals surface area (Å²) in [5.74, 6) is 2.73. The predicted molar refractivity (Wildman–Crippen MR) is 131 cm³/mol. The standard InChI is InChI=1S/C25H23N5OS2/c1-18-7-5-10-20(15-18)24-26-22(29-31-24)17-33-25-28-27-23(16-21-11-6-14-32-21)30(25)13-12-19-8-3-2-4-9-19/h2-11,14-15H,12-13,16-17H2,1H3. The molecule has 5 rings (SSSR count). The van der Waals surface area contributed by atoms with Gasteiger partial charge in [-0.05, 0) is 42.5 Å². The van der Waals surface area contributed by atoms with Gasteiger partial charge in [-0.3, -0.25) is 0 Å². The van der Waals surface area contributed by atoms with Crippen LogP contribution in [-0.4, -0.2) is 24.9 Å². The van der Waals surface area contributed by atoms with Crippen molar-refractivity contribution in [2.24, 2.45) is 0 Å². The van der Waals surface area contributed by atoms with E-state index in [-0.39, 0.29) is 0 Å². The van der Waals surface area contributed by atoms with Gasteiger partial charge in [0.2, 0.25) is 0 Å². The molecule has 6 nitrogen and oxygen atoms in total. The zero-order valence-electron chi connectivity index (χ0n) is 18.2. The van der Waals surface area contributed by atoms with Crippen molar-refractivity contribution in [2.45, 2.75) is 37.2 Å². The molecule has 0 aliphatic carbocycles. The summed E-state index contributed by atoms with van der Waals surface area (Å²) in [6.45, 7) is 2.87. The molecule has 0 fully saturated rings. The minimum atomic E-state index is 0.540. The van der Waals surface area contributed by atoms with Gasteiger partial charge in [-0.25, -0.2) is 0 Å². The number of hydrogen-bond donors (Lipinski definition) is 0. The van der Waals surface area contributed by atoms with Crippen LogP contribution in [-0.2, 0) is 25.1 Å².